The Bertz CT molecular complexity index is 473. The summed E-state index contributed by atoms with van der Waals surface area (Å²) in [6.07, 6.45) is 1.58. The van der Waals surface area contributed by atoms with Crippen molar-refractivity contribution < 1.29 is 33.3 Å². The van der Waals surface area contributed by atoms with Gasteiger partial charge in [0, 0.05) is 25.3 Å². The topological polar surface area (TPSA) is 103 Å². The van der Waals surface area contributed by atoms with Gasteiger partial charge in [0.05, 0.1) is 59.4 Å². The molecule has 1 aliphatic rings. The second-order valence-corrected chi connectivity index (χ2v) is 6.54. The van der Waals surface area contributed by atoms with Gasteiger partial charge in [-0.3, -0.25) is 19.3 Å². The number of likely N-dealkylation sites (tertiary alicyclic amines) is 1. The highest BCUT2D eigenvalue weighted by molar-refractivity contribution is 6.03. The van der Waals surface area contributed by atoms with Gasteiger partial charge in [-0.2, -0.15) is 0 Å². The van der Waals surface area contributed by atoms with Gasteiger partial charge < -0.3 is 24.3 Å². The molecule has 1 aliphatic heterocycles. The van der Waals surface area contributed by atoms with E-state index in [0.29, 0.717) is 78.8 Å². The first-order valence-electron chi connectivity index (χ1n) is 9.98. The molecule has 1 unspecified atom stereocenters. The van der Waals surface area contributed by atoms with E-state index in [1.807, 2.05) is 6.92 Å². The van der Waals surface area contributed by atoms with E-state index in [4.69, 9.17) is 18.9 Å². The predicted molar refractivity (Wildman–Crippen MR) is 102 cm³/mol. The first-order valence-corrected chi connectivity index (χ1v) is 9.98. The molecular formula is C19H34N2O7. The maximum absolute atomic E-state index is 11.7. The average Bonchev–Trinajstić information content (AvgIpc) is 2.92. The molecule has 0 aromatic carbocycles. The smallest absolute Gasteiger partial charge is 0.232 e. The number of carbonyl (C=O) groups excluding carboxylic acids is 3. The first kappa shape index (κ1) is 24.5. The number of nitrogens with one attached hydrogen (secondary N) is 1. The van der Waals surface area contributed by atoms with Crippen molar-refractivity contribution in [3.05, 3.63) is 0 Å². The number of nitrogens with zero attached hydrogens (tertiary/aromatic N) is 1. The number of imide groups is 1. The lowest BCUT2D eigenvalue weighted by molar-refractivity contribution is -0.140. The quantitative estimate of drug-likeness (QED) is 0.277. The maximum atomic E-state index is 11.7. The lowest BCUT2D eigenvalue weighted by atomic mass is 10.1. The third-order valence-corrected chi connectivity index (χ3v) is 4.09. The molecule has 0 aromatic rings. The number of amides is 3. The zero-order valence-electron chi connectivity index (χ0n) is 17.1. The van der Waals surface area contributed by atoms with Crippen LogP contribution in [0.1, 0.15) is 33.1 Å². The van der Waals surface area contributed by atoms with Crippen molar-refractivity contribution in [3.63, 3.8) is 0 Å². The fourth-order valence-electron chi connectivity index (χ4n) is 2.52. The van der Waals surface area contributed by atoms with Crippen LogP contribution in [0, 0.1) is 5.92 Å². The van der Waals surface area contributed by atoms with E-state index < -0.39 is 0 Å². The van der Waals surface area contributed by atoms with E-state index in [-0.39, 0.29) is 23.6 Å². The molecule has 1 heterocycles. The van der Waals surface area contributed by atoms with Gasteiger partial charge in [0.25, 0.3) is 0 Å². The SMILES string of the molecule is CCCNC(=O)CCOCCOCCOCCOCCN1C(=O)CC(C)C1=O. The molecule has 0 aliphatic carbocycles. The Hall–Kier alpha value is -1.55. The average molecular weight is 402 g/mol. The van der Waals surface area contributed by atoms with Gasteiger partial charge in [0.15, 0.2) is 0 Å². The van der Waals surface area contributed by atoms with E-state index in [2.05, 4.69) is 5.32 Å². The number of hydrogen-bond donors (Lipinski definition) is 1. The second-order valence-electron chi connectivity index (χ2n) is 6.54. The molecule has 0 aromatic heterocycles. The minimum atomic E-state index is -0.216. The molecule has 9 nitrogen and oxygen atoms in total. The summed E-state index contributed by atoms with van der Waals surface area (Å²) < 4.78 is 21.4. The van der Waals surface area contributed by atoms with Crippen molar-refractivity contribution in [3.8, 4) is 0 Å². The zero-order chi connectivity index (χ0) is 20.6. The van der Waals surface area contributed by atoms with Crippen molar-refractivity contribution in [2.45, 2.75) is 33.1 Å². The monoisotopic (exact) mass is 402 g/mol. The minimum Gasteiger partial charge on any atom is -0.379 e. The molecule has 0 spiro atoms. The molecule has 1 atom stereocenters. The molecule has 9 heteroatoms. The Labute approximate surface area is 167 Å². The molecule has 0 bridgehead atoms. The van der Waals surface area contributed by atoms with Crippen LogP contribution >= 0.6 is 0 Å². The van der Waals surface area contributed by atoms with Crippen LogP contribution in [-0.2, 0) is 33.3 Å². The van der Waals surface area contributed by atoms with E-state index in [0.717, 1.165) is 6.42 Å². The number of ether oxygens (including phenoxy) is 4. The summed E-state index contributed by atoms with van der Waals surface area (Å²) in [6, 6.07) is 0. The highest BCUT2D eigenvalue weighted by atomic mass is 16.6. The van der Waals surface area contributed by atoms with Crippen LogP contribution in [0.5, 0.6) is 0 Å². The van der Waals surface area contributed by atoms with Crippen LogP contribution in [0.15, 0.2) is 0 Å². The lowest BCUT2D eigenvalue weighted by Crippen LogP contribution is -2.33. The van der Waals surface area contributed by atoms with Gasteiger partial charge in [0.1, 0.15) is 0 Å². The van der Waals surface area contributed by atoms with Gasteiger partial charge in [-0.1, -0.05) is 13.8 Å². The van der Waals surface area contributed by atoms with Crippen molar-refractivity contribution in [1.82, 2.24) is 10.2 Å². The summed E-state index contributed by atoms with van der Waals surface area (Å²) in [5.74, 6) is -0.456. The molecule has 1 fully saturated rings. The molecule has 0 saturated carbocycles. The van der Waals surface area contributed by atoms with Crippen molar-refractivity contribution in [1.29, 1.82) is 0 Å². The fourth-order valence-corrected chi connectivity index (χ4v) is 2.52. The maximum Gasteiger partial charge on any atom is 0.232 e. The third-order valence-electron chi connectivity index (χ3n) is 4.09. The third kappa shape index (κ3) is 10.7. The molecule has 1 N–H and O–H groups in total. The van der Waals surface area contributed by atoms with Gasteiger partial charge in [-0.05, 0) is 6.42 Å². The summed E-state index contributed by atoms with van der Waals surface area (Å²) in [4.78, 5) is 35.9. The van der Waals surface area contributed by atoms with Gasteiger partial charge in [0.2, 0.25) is 17.7 Å². The standard InChI is InChI=1S/C19H34N2O7/c1-3-5-20-17(22)4-7-25-9-11-27-13-14-28-12-10-26-8-6-21-18(23)15-16(2)19(21)24/h16H,3-15H2,1-2H3,(H,20,22). The molecule has 1 saturated heterocycles. The summed E-state index contributed by atoms with van der Waals surface area (Å²) in [5.41, 5.74) is 0. The van der Waals surface area contributed by atoms with Gasteiger partial charge in [-0.15, -0.1) is 0 Å². The molecular weight excluding hydrogens is 368 g/mol. The Morgan fingerprint density at radius 2 is 1.50 bits per heavy atom. The van der Waals surface area contributed by atoms with Crippen molar-refractivity contribution in [2.75, 3.05) is 65.9 Å². The second kappa shape index (κ2) is 15.4. The van der Waals surface area contributed by atoms with Gasteiger partial charge in [-0.25, -0.2) is 0 Å². The van der Waals surface area contributed by atoms with E-state index in [9.17, 15) is 14.4 Å². The summed E-state index contributed by atoms with van der Waals surface area (Å²) in [5, 5.41) is 2.79. The van der Waals surface area contributed by atoms with Gasteiger partial charge >= 0.3 is 0 Å². The Morgan fingerprint density at radius 3 is 2.00 bits per heavy atom. The van der Waals surface area contributed by atoms with E-state index in [1.54, 1.807) is 6.92 Å². The van der Waals surface area contributed by atoms with Crippen LogP contribution in [0.2, 0.25) is 0 Å². The highest BCUT2D eigenvalue weighted by Crippen LogP contribution is 2.17. The number of carbonyl (C=O) groups is 3. The van der Waals surface area contributed by atoms with E-state index >= 15 is 0 Å². The Kier molecular flexibility index (Phi) is 13.5. The van der Waals surface area contributed by atoms with E-state index in [1.165, 1.54) is 4.90 Å². The van der Waals surface area contributed by atoms with Crippen LogP contribution in [0.4, 0.5) is 0 Å². The minimum absolute atomic E-state index is 0.00609. The normalized spacial score (nSPS) is 16.8. The predicted octanol–water partition coefficient (Wildman–Crippen LogP) is 0.364. The van der Waals surface area contributed by atoms with Crippen LogP contribution in [0.25, 0.3) is 0 Å². The first-order chi connectivity index (χ1) is 13.6. The summed E-state index contributed by atoms with van der Waals surface area (Å²) in [6.45, 7) is 8.08. The van der Waals surface area contributed by atoms with Crippen LogP contribution < -0.4 is 5.32 Å². The van der Waals surface area contributed by atoms with Crippen molar-refractivity contribution >= 4 is 17.7 Å². The number of rotatable bonds is 17. The Morgan fingerprint density at radius 1 is 0.964 bits per heavy atom. The van der Waals surface area contributed by atoms with Crippen molar-refractivity contribution in [2.24, 2.45) is 5.92 Å². The molecule has 3 amide bonds. The largest absolute Gasteiger partial charge is 0.379 e. The highest BCUT2D eigenvalue weighted by Gasteiger charge is 2.34. The molecule has 1 rings (SSSR count). The number of hydrogen-bond acceptors (Lipinski definition) is 7. The van der Waals surface area contributed by atoms with Crippen LogP contribution in [0.3, 0.4) is 0 Å². The lowest BCUT2D eigenvalue weighted by Gasteiger charge is -2.14. The Balaban J connectivity index is 1.79. The molecule has 162 valence electrons. The summed E-state index contributed by atoms with van der Waals surface area (Å²) >= 11 is 0. The fraction of sp³-hybridized carbons (Fsp3) is 0.842. The molecule has 28 heavy (non-hydrogen) atoms. The molecule has 0 radical (unpaired) electrons. The summed E-state index contributed by atoms with van der Waals surface area (Å²) in [7, 11) is 0. The zero-order valence-corrected chi connectivity index (χ0v) is 17.1. The van der Waals surface area contributed by atoms with Crippen LogP contribution in [-0.4, -0.2) is 88.6 Å².